The average molecular weight is 322 g/mol. The summed E-state index contributed by atoms with van der Waals surface area (Å²) in [5.41, 5.74) is 1.03. The number of carbonyl (C=O) groups is 1. The number of rotatable bonds is 4. The molecule has 120 valence electrons. The Labute approximate surface area is 135 Å². The van der Waals surface area contributed by atoms with Crippen LogP contribution in [0.5, 0.6) is 11.5 Å². The molecule has 1 N–H and O–H groups in total. The first-order valence-electron chi connectivity index (χ1n) is 7.71. The second kappa shape index (κ2) is 7.24. The number of hydrogen-bond donors (Lipinski definition) is 1. The van der Waals surface area contributed by atoms with Crippen molar-refractivity contribution in [3.63, 3.8) is 0 Å². The molecular weight excluding hydrogens is 300 g/mol. The van der Waals surface area contributed by atoms with Gasteiger partial charge in [-0.15, -0.1) is 0 Å². The lowest BCUT2D eigenvalue weighted by atomic mass is 10.1. The molecular formula is C16H22N2O3S. The Kier molecular flexibility index (Phi) is 5.10. The van der Waals surface area contributed by atoms with Gasteiger partial charge in [-0.2, -0.15) is 11.8 Å². The van der Waals surface area contributed by atoms with Crippen molar-refractivity contribution < 1.29 is 14.3 Å². The molecule has 1 aromatic rings. The summed E-state index contributed by atoms with van der Waals surface area (Å²) in [7, 11) is 0. The molecule has 1 atom stereocenters. The van der Waals surface area contributed by atoms with Gasteiger partial charge in [0.1, 0.15) is 13.2 Å². The number of benzene rings is 1. The van der Waals surface area contributed by atoms with Gasteiger partial charge in [0.05, 0.1) is 12.6 Å². The molecule has 1 unspecified atom stereocenters. The Morgan fingerprint density at radius 2 is 2.00 bits per heavy atom. The van der Waals surface area contributed by atoms with Gasteiger partial charge in [0.2, 0.25) is 5.91 Å². The van der Waals surface area contributed by atoms with E-state index in [1.807, 2.05) is 36.9 Å². The highest BCUT2D eigenvalue weighted by atomic mass is 32.2. The highest BCUT2D eigenvalue weighted by Crippen LogP contribution is 2.32. The molecule has 1 fully saturated rings. The number of nitrogens with one attached hydrogen (secondary N) is 1. The van der Waals surface area contributed by atoms with E-state index in [1.54, 1.807) is 0 Å². The van der Waals surface area contributed by atoms with Crippen molar-refractivity contribution in [1.29, 1.82) is 0 Å². The van der Waals surface area contributed by atoms with Gasteiger partial charge in [-0.05, 0) is 24.6 Å². The maximum absolute atomic E-state index is 12.2. The summed E-state index contributed by atoms with van der Waals surface area (Å²) in [6.45, 7) is 5.63. The summed E-state index contributed by atoms with van der Waals surface area (Å²) in [5.74, 6) is 3.85. The number of carbonyl (C=O) groups excluding carboxylic acids is 1. The zero-order chi connectivity index (χ0) is 15.4. The minimum Gasteiger partial charge on any atom is -0.486 e. The molecule has 0 radical (unpaired) electrons. The summed E-state index contributed by atoms with van der Waals surface area (Å²) >= 11 is 1.95. The molecule has 22 heavy (non-hydrogen) atoms. The number of amides is 1. The lowest BCUT2D eigenvalue weighted by molar-refractivity contribution is -0.122. The van der Waals surface area contributed by atoms with Crippen LogP contribution in [0.4, 0.5) is 0 Å². The number of hydrogen-bond acceptors (Lipinski definition) is 5. The number of fused-ring (bicyclic) bond motifs is 1. The fraction of sp³-hybridized carbons (Fsp3) is 0.562. The largest absolute Gasteiger partial charge is 0.486 e. The third-order valence-corrected chi connectivity index (χ3v) is 4.86. The molecule has 2 aliphatic heterocycles. The quantitative estimate of drug-likeness (QED) is 0.914. The minimum absolute atomic E-state index is 0.0394. The van der Waals surface area contributed by atoms with E-state index >= 15 is 0 Å². The van der Waals surface area contributed by atoms with Crippen LogP contribution in [0.25, 0.3) is 0 Å². The molecule has 0 aromatic heterocycles. The van der Waals surface area contributed by atoms with Gasteiger partial charge < -0.3 is 14.8 Å². The number of thioether (sulfide) groups is 1. The van der Waals surface area contributed by atoms with Crippen molar-refractivity contribution in [3.05, 3.63) is 23.8 Å². The van der Waals surface area contributed by atoms with Crippen LogP contribution in [0.3, 0.4) is 0 Å². The van der Waals surface area contributed by atoms with Crippen molar-refractivity contribution in [3.8, 4) is 11.5 Å². The molecule has 1 amide bonds. The van der Waals surface area contributed by atoms with Crippen LogP contribution < -0.4 is 14.8 Å². The summed E-state index contributed by atoms with van der Waals surface area (Å²) in [6, 6.07) is 5.81. The zero-order valence-electron chi connectivity index (χ0n) is 12.8. The first kappa shape index (κ1) is 15.5. The first-order valence-corrected chi connectivity index (χ1v) is 8.87. The van der Waals surface area contributed by atoms with Crippen LogP contribution >= 0.6 is 11.8 Å². The van der Waals surface area contributed by atoms with Crippen LogP contribution in [-0.2, 0) is 4.79 Å². The monoisotopic (exact) mass is 322 g/mol. The Morgan fingerprint density at radius 3 is 2.77 bits per heavy atom. The normalized spacial score (nSPS) is 19.5. The molecule has 0 spiro atoms. The van der Waals surface area contributed by atoms with Crippen molar-refractivity contribution in [1.82, 2.24) is 10.2 Å². The number of ether oxygens (including phenoxy) is 2. The predicted octanol–water partition coefficient (Wildman–Crippen LogP) is 1.68. The lowest BCUT2D eigenvalue weighted by Gasteiger charge is -2.26. The van der Waals surface area contributed by atoms with Crippen molar-refractivity contribution >= 4 is 17.7 Å². The SMILES string of the molecule is CC(NC(=O)CN1CCSCC1)c1ccc2c(c1)OCCO2. The van der Waals surface area contributed by atoms with Crippen LogP contribution in [0.1, 0.15) is 18.5 Å². The van der Waals surface area contributed by atoms with E-state index in [4.69, 9.17) is 9.47 Å². The smallest absolute Gasteiger partial charge is 0.234 e. The van der Waals surface area contributed by atoms with Crippen LogP contribution in [0, 0.1) is 0 Å². The molecule has 2 aliphatic rings. The van der Waals surface area contributed by atoms with Gasteiger partial charge in [0.25, 0.3) is 0 Å². The first-order chi connectivity index (χ1) is 10.7. The Balaban J connectivity index is 1.56. The van der Waals surface area contributed by atoms with E-state index < -0.39 is 0 Å². The zero-order valence-corrected chi connectivity index (χ0v) is 13.7. The Bertz CT molecular complexity index is 532. The van der Waals surface area contributed by atoms with Gasteiger partial charge in [0.15, 0.2) is 11.5 Å². The highest BCUT2D eigenvalue weighted by molar-refractivity contribution is 7.99. The van der Waals surface area contributed by atoms with Crippen LogP contribution in [0.2, 0.25) is 0 Å². The van der Waals surface area contributed by atoms with Gasteiger partial charge >= 0.3 is 0 Å². The fourth-order valence-corrected chi connectivity index (χ4v) is 3.64. The molecule has 1 saturated heterocycles. The summed E-state index contributed by atoms with van der Waals surface area (Å²) in [4.78, 5) is 14.4. The molecule has 0 aliphatic carbocycles. The summed E-state index contributed by atoms with van der Waals surface area (Å²) < 4.78 is 11.1. The second-order valence-corrected chi connectivity index (χ2v) is 6.81. The van der Waals surface area contributed by atoms with E-state index in [2.05, 4.69) is 10.2 Å². The topological polar surface area (TPSA) is 50.8 Å². The van der Waals surface area contributed by atoms with E-state index in [-0.39, 0.29) is 11.9 Å². The minimum atomic E-state index is -0.0394. The van der Waals surface area contributed by atoms with Crippen LogP contribution in [-0.4, -0.2) is 55.2 Å². The van der Waals surface area contributed by atoms with Gasteiger partial charge in [-0.1, -0.05) is 6.07 Å². The lowest BCUT2D eigenvalue weighted by Crippen LogP contribution is -2.41. The Hall–Kier alpha value is -1.40. The maximum atomic E-state index is 12.2. The van der Waals surface area contributed by atoms with E-state index in [0.717, 1.165) is 41.7 Å². The molecule has 0 bridgehead atoms. The van der Waals surface area contributed by atoms with E-state index in [0.29, 0.717) is 19.8 Å². The molecule has 3 rings (SSSR count). The van der Waals surface area contributed by atoms with E-state index in [1.165, 1.54) is 0 Å². The molecule has 5 nitrogen and oxygen atoms in total. The maximum Gasteiger partial charge on any atom is 0.234 e. The highest BCUT2D eigenvalue weighted by Gasteiger charge is 2.18. The average Bonchev–Trinajstić information content (AvgIpc) is 2.55. The van der Waals surface area contributed by atoms with Gasteiger partial charge in [-0.3, -0.25) is 9.69 Å². The third kappa shape index (κ3) is 3.87. The second-order valence-electron chi connectivity index (χ2n) is 5.58. The fourth-order valence-electron chi connectivity index (χ4n) is 2.66. The van der Waals surface area contributed by atoms with Crippen molar-refractivity contribution in [2.45, 2.75) is 13.0 Å². The molecule has 1 aromatic carbocycles. The standard InChI is InChI=1S/C16H22N2O3S/c1-12(17-16(19)11-18-4-8-22-9-5-18)13-2-3-14-15(10-13)21-7-6-20-14/h2-3,10,12H,4-9,11H2,1H3,(H,17,19). The van der Waals surface area contributed by atoms with Gasteiger partial charge in [0, 0.05) is 24.6 Å². The molecule has 0 saturated carbocycles. The van der Waals surface area contributed by atoms with Crippen molar-refractivity contribution in [2.75, 3.05) is 44.4 Å². The van der Waals surface area contributed by atoms with Crippen molar-refractivity contribution in [2.24, 2.45) is 0 Å². The van der Waals surface area contributed by atoms with Gasteiger partial charge in [-0.25, -0.2) is 0 Å². The molecule has 6 heteroatoms. The van der Waals surface area contributed by atoms with Crippen LogP contribution in [0.15, 0.2) is 18.2 Å². The summed E-state index contributed by atoms with van der Waals surface area (Å²) in [5, 5.41) is 3.07. The Morgan fingerprint density at radius 1 is 1.27 bits per heavy atom. The third-order valence-electron chi connectivity index (χ3n) is 3.91. The number of nitrogens with zero attached hydrogens (tertiary/aromatic N) is 1. The predicted molar refractivity (Wildman–Crippen MR) is 87.8 cm³/mol. The molecule has 2 heterocycles. The summed E-state index contributed by atoms with van der Waals surface area (Å²) in [6.07, 6.45) is 0. The van der Waals surface area contributed by atoms with E-state index in [9.17, 15) is 4.79 Å².